The number of anilines is 1. The summed E-state index contributed by atoms with van der Waals surface area (Å²) in [5, 5.41) is 3.27. The van der Waals surface area contributed by atoms with Gasteiger partial charge in [-0.1, -0.05) is 15.9 Å². The smallest absolute Gasteiger partial charge is 0.146 e. The zero-order valence-electron chi connectivity index (χ0n) is 9.88. The molecule has 1 aliphatic rings. The number of nitrogens with one attached hydrogen (secondary N) is 1. The van der Waals surface area contributed by atoms with Crippen LogP contribution in [0.4, 0.5) is 10.1 Å². The van der Waals surface area contributed by atoms with E-state index in [1.54, 1.807) is 19.2 Å². The highest BCUT2D eigenvalue weighted by atomic mass is 79.9. The van der Waals surface area contributed by atoms with Crippen LogP contribution in [0.25, 0.3) is 0 Å². The summed E-state index contributed by atoms with van der Waals surface area (Å²) in [6.45, 7) is 0. The Morgan fingerprint density at radius 1 is 1.41 bits per heavy atom. The van der Waals surface area contributed by atoms with Gasteiger partial charge in [-0.3, -0.25) is 0 Å². The molecular formula is C13H17BrFNO. The summed E-state index contributed by atoms with van der Waals surface area (Å²) < 4.78 is 19.8. The highest BCUT2D eigenvalue weighted by molar-refractivity contribution is 9.10. The van der Waals surface area contributed by atoms with Crippen molar-refractivity contribution in [1.29, 1.82) is 0 Å². The number of hydrogen-bond donors (Lipinski definition) is 1. The molecule has 0 aliphatic heterocycles. The van der Waals surface area contributed by atoms with E-state index < -0.39 is 0 Å². The van der Waals surface area contributed by atoms with Gasteiger partial charge in [0.1, 0.15) is 5.82 Å². The van der Waals surface area contributed by atoms with E-state index in [0.29, 0.717) is 17.8 Å². The fourth-order valence-electron chi connectivity index (χ4n) is 2.32. The molecule has 94 valence electrons. The summed E-state index contributed by atoms with van der Waals surface area (Å²) in [6.07, 6.45) is 4.56. The van der Waals surface area contributed by atoms with Crippen LogP contribution in [0.1, 0.15) is 25.7 Å². The highest BCUT2D eigenvalue weighted by Gasteiger charge is 2.22. The van der Waals surface area contributed by atoms with Gasteiger partial charge in [0.25, 0.3) is 0 Å². The van der Waals surface area contributed by atoms with Crippen molar-refractivity contribution in [1.82, 2.24) is 0 Å². The molecule has 1 aliphatic carbocycles. The number of methoxy groups -OCH3 is 1. The Labute approximate surface area is 110 Å². The largest absolute Gasteiger partial charge is 0.381 e. The molecule has 1 N–H and O–H groups in total. The molecular weight excluding hydrogens is 285 g/mol. The summed E-state index contributed by atoms with van der Waals surface area (Å²) in [5.74, 6) is -0.201. The molecule has 2 nitrogen and oxygen atoms in total. The number of hydrogen-bond acceptors (Lipinski definition) is 2. The van der Waals surface area contributed by atoms with Crippen LogP contribution in [0.5, 0.6) is 0 Å². The van der Waals surface area contributed by atoms with E-state index in [-0.39, 0.29) is 5.82 Å². The van der Waals surface area contributed by atoms with Gasteiger partial charge in [0.05, 0.1) is 11.8 Å². The molecule has 1 saturated carbocycles. The second-order valence-electron chi connectivity index (χ2n) is 4.49. The van der Waals surface area contributed by atoms with Crippen LogP contribution in [0.15, 0.2) is 22.7 Å². The van der Waals surface area contributed by atoms with Crippen molar-refractivity contribution in [2.24, 2.45) is 0 Å². The van der Waals surface area contributed by atoms with Crippen molar-refractivity contribution < 1.29 is 9.13 Å². The molecule has 0 spiro atoms. The lowest BCUT2D eigenvalue weighted by Crippen LogP contribution is -2.31. The molecule has 0 bridgehead atoms. The zero-order valence-corrected chi connectivity index (χ0v) is 11.5. The van der Waals surface area contributed by atoms with Crippen molar-refractivity contribution in [3.05, 3.63) is 28.5 Å². The van der Waals surface area contributed by atoms with Crippen LogP contribution in [0, 0.1) is 5.82 Å². The van der Waals surface area contributed by atoms with E-state index in [9.17, 15) is 4.39 Å². The van der Waals surface area contributed by atoms with Crippen molar-refractivity contribution >= 4 is 21.6 Å². The quantitative estimate of drug-likeness (QED) is 0.912. The minimum absolute atomic E-state index is 0.201. The first-order chi connectivity index (χ1) is 8.19. The van der Waals surface area contributed by atoms with Crippen LogP contribution < -0.4 is 5.32 Å². The maximum Gasteiger partial charge on any atom is 0.146 e. The normalized spacial score (nSPS) is 24.6. The van der Waals surface area contributed by atoms with Gasteiger partial charge < -0.3 is 10.1 Å². The summed E-state index contributed by atoms with van der Waals surface area (Å²) in [7, 11) is 1.74. The number of benzene rings is 1. The molecule has 1 aromatic carbocycles. The molecule has 0 saturated heterocycles. The third kappa shape index (κ3) is 3.42. The minimum atomic E-state index is -0.201. The summed E-state index contributed by atoms with van der Waals surface area (Å²) >= 11 is 3.36. The Balaban J connectivity index is 2.02. The number of halogens is 2. The van der Waals surface area contributed by atoms with Gasteiger partial charge in [0.2, 0.25) is 0 Å². The van der Waals surface area contributed by atoms with Crippen LogP contribution >= 0.6 is 15.9 Å². The van der Waals surface area contributed by atoms with Crippen LogP contribution in [0.2, 0.25) is 0 Å². The van der Waals surface area contributed by atoms with Crippen LogP contribution in [0.3, 0.4) is 0 Å². The molecule has 4 heteroatoms. The van der Waals surface area contributed by atoms with E-state index in [1.807, 2.05) is 0 Å². The lowest BCUT2D eigenvalue weighted by atomic mass is 9.92. The van der Waals surface area contributed by atoms with Gasteiger partial charge >= 0.3 is 0 Å². The lowest BCUT2D eigenvalue weighted by Gasteiger charge is -2.29. The van der Waals surface area contributed by atoms with Gasteiger partial charge in [0.15, 0.2) is 0 Å². The molecule has 17 heavy (non-hydrogen) atoms. The van der Waals surface area contributed by atoms with Crippen LogP contribution in [-0.2, 0) is 4.74 Å². The predicted molar refractivity (Wildman–Crippen MR) is 70.8 cm³/mol. The van der Waals surface area contributed by atoms with Gasteiger partial charge in [-0.2, -0.15) is 0 Å². The Bertz CT molecular complexity index is 386. The molecule has 2 unspecified atom stereocenters. The second-order valence-corrected chi connectivity index (χ2v) is 5.41. The second kappa shape index (κ2) is 5.83. The molecule has 2 atom stereocenters. The number of rotatable bonds is 3. The molecule has 1 aromatic rings. The van der Waals surface area contributed by atoms with E-state index in [4.69, 9.17) is 4.74 Å². The highest BCUT2D eigenvalue weighted by Crippen LogP contribution is 2.26. The average Bonchev–Trinajstić information content (AvgIpc) is 2.34. The Morgan fingerprint density at radius 3 is 3.00 bits per heavy atom. The molecule has 0 aromatic heterocycles. The SMILES string of the molecule is COC1CCCC(Nc2cc(Br)ccc2F)C1. The lowest BCUT2D eigenvalue weighted by molar-refractivity contribution is 0.0669. The van der Waals surface area contributed by atoms with Gasteiger partial charge in [-0.05, 0) is 43.9 Å². The van der Waals surface area contributed by atoms with Crippen molar-refractivity contribution in [2.45, 2.75) is 37.8 Å². The first kappa shape index (κ1) is 12.8. The number of ether oxygens (including phenoxy) is 1. The van der Waals surface area contributed by atoms with Crippen molar-refractivity contribution in [2.75, 3.05) is 12.4 Å². The Kier molecular flexibility index (Phi) is 4.40. The monoisotopic (exact) mass is 301 g/mol. The standard InChI is InChI=1S/C13H17BrFNO/c1-17-11-4-2-3-10(8-11)16-13-7-9(14)5-6-12(13)15/h5-7,10-11,16H,2-4,8H2,1H3. The van der Waals surface area contributed by atoms with Gasteiger partial charge in [0, 0.05) is 17.6 Å². The first-order valence-corrected chi connectivity index (χ1v) is 6.72. The zero-order chi connectivity index (χ0) is 12.3. The van der Waals surface area contributed by atoms with E-state index in [2.05, 4.69) is 21.2 Å². The van der Waals surface area contributed by atoms with Crippen LogP contribution in [-0.4, -0.2) is 19.3 Å². The minimum Gasteiger partial charge on any atom is -0.381 e. The van der Waals surface area contributed by atoms with E-state index in [0.717, 1.165) is 30.2 Å². The summed E-state index contributed by atoms with van der Waals surface area (Å²) in [4.78, 5) is 0. The molecule has 0 radical (unpaired) electrons. The summed E-state index contributed by atoms with van der Waals surface area (Å²) in [6, 6.07) is 5.27. The van der Waals surface area contributed by atoms with Gasteiger partial charge in [-0.25, -0.2) is 4.39 Å². The molecule has 0 heterocycles. The Hall–Kier alpha value is -0.610. The van der Waals surface area contributed by atoms with E-state index >= 15 is 0 Å². The maximum atomic E-state index is 13.6. The van der Waals surface area contributed by atoms with Gasteiger partial charge in [-0.15, -0.1) is 0 Å². The van der Waals surface area contributed by atoms with Crippen molar-refractivity contribution in [3.8, 4) is 0 Å². The fraction of sp³-hybridized carbons (Fsp3) is 0.538. The average molecular weight is 302 g/mol. The maximum absolute atomic E-state index is 13.6. The third-order valence-electron chi connectivity index (χ3n) is 3.25. The molecule has 2 rings (SSSR count). The molecule has 1 fully saturated rings. The topological polar surface area (TPSA) is 21.3 Å². The third-order valence-corrected chi connectivity index (χ3v) is 3.74. The molecule has 0 amide bonds. The predicted octanol–water partition coefficient (Wildman–Crippen LogP) is 3.96. The Morgan fingerprint density at radius 2 is 2.24 bits per heavy atom. The van der Waals surface area contributed by atoms with Crippen molar-refractivity contribution in [3.63, 3.8) is 0 Å². The summed E-state index contributed by atoms with van der Waals surface area (Å²) in [5.41, 5.74) is 0.570. The van der Waals surface area contributed by atoms with E-state index in [1.165, 1.54) is 6.07 Å². The fourth-order valence-corrected chi connectivity index (χ4v) is 2.68. The first-order valence-electron chi connectivity index (χ1n) is 5.93.